The second-order valence-corrected chi connectivity index (χ2v) is 7.86. The number of anilines is 2. The first-order valence-electron chi connectivity index (χ1n) is 9.95. The molecular weight excluding hydrogens is 356 g/mol. The third-order valence-electron chi connectivity index (χ3n) is 4.95. The van der Waals surface area contributed by atoms with Crippen molar-refractivity contribution in [2.45, 2.75) is 52.7 Å². The third-order valence-corrected chi connectivity index (χ3v) is 4.95. The summed E-state index contributed by atoms with van der Waals surface area (Å²) in [6.07, 6.45) is 3.21. The summed E-state index contributed by atoms with van der Waals surface area (Å²) >= 11 is 0. The van der Waals surface area contributed by atoms with Gasteiger partial charge in [-0.15, -0.1) is 0 Å². The minimum atomic E-state index is -0.662. The normalized spacial score (nSPS) is 18.4. The van der Waals surface area contributed by atoms with Crippen molar-refractivity contribution >= 4 is 28.6 Å². The molecule has 2 aromatic heterocycles. The number of hydrogen-bond donors (Lipinski definition) is 3. The summed E-state index contributed by atoms with van der Waals surface area (Å²) in [5.41, 5.74) is 1.32. The van der Waals surface area contributed by atoms with Gasteiger partial charge < -0.3 is 20.6 Å². The van der Waals surface area contributed by atoms with Gasteiger partial charge in [-0.05, 0) is 45.6 Å². The molecule has 0 radical (unpaired) electrons. The molecule has 0 aromatic carbocycles. The van der Waals surface area contributed by atoms with Crippen molar-refractivity contribution in [1.29, 1.82) is 0 Å². The van der Waals surface area contributed by atoms with E-state index >= 15 is 0 Å². The summed E-state index contributed by atoms with van der Waals surface area (Å²) in [7, 11) is 0. The molecule has 2 aromatic rings. The Bertz CT molecular complexity index is 839. The van der Waals surface area contributed by atoms with Gasteiger partial charge in [0.15, 0.2) is 5.82 Å². The van der Waals surface area contributed by atoms with Crippen LogP contribution in [0, 0.1) is 5.92 Å². The fourth-order valence-electron chi connectivity index (χ4n) is 3.49. The maximum absolute atomic E-state index is 11.6. The quantitative estimate of drug-likeness (QED) is 0.701. The average molecular weight is 387 g/mol. The van der Waals surface area contributed by atoms with Crippen LogP contribution in [-0.2, 0) is 4.79 Å². The number of pyridine rings is 1. The Morgan fingerprint density at radius 3 is 2.82 bits per heavy atom. The fourth-order valence-corrected chi connectivity index (χ4v) is 3.49. The van der Waals surface area contributed by atoms with Gasteiger partial charge in [-0.3, -0.25) is 4.79 Å². The zero-order valence-corrected chi connectivity index (χ0v) is 17.1. The van der Waals surface area contributed by atoms with Crippen LogP contribution < -0.4 is 10.6 Å². The molecule has 2 atom stereocenters. The number of nitrogens with zero attached hydrogens (tertiary/aromatic N) is 4. The second kappa shape index (κ2) is 8.68. The standard InChI is InChI=1S/C20H30N6O2/c1-12(2)23-19-18-16(8-17(24-19)13(3)27)10-22-20(25-18)21-9-15-6-5-7-26(11-15)14(4)28/h8,10,12-13,15,27H,5-7,9,11H2,1-4H3,(H,23,24)(H,21,22,25). The van der Waals surface area contributed by atoms with E-state index in [-0.39, 0.29) is 11.9 Å². The number of aliphatic hydroxyl groups excluding tert-OH is 1. The van der Waals surface area contributed by atoms with E-state index in [1.807, 2.05) is 24.8 Å². The van der Waals surface area contributed by atoms with Gasteiger partial charge >= 0.3 is 0 Å². The molecule has 8 nitrogen and oxygen atoms in total. The van der Waals surface area contributed by atoms with Crippen LogP contribution in [-0.4, -0.2) is 56.5 Å². The first kappa shape index (κ1) is 20.3. The highest BCUT2D eigenvalue weighted by molar-refractivity contribution is 5.89. The number of aliphatic hydroxyl groups is 1. The predicted molar refractivity (Wildman–Crippen MR) is 110 cm³/mol. The Morgan fingerprint density at radius 2 is 2.14 bits per heavy atom. The number of likely N-dealkylation sites (tertiary alicyclic amines) is 1. The Kier molecular flexibility index (Phi) is 6.28. The molecule has 152 valence electrons. The lowest BCUT2D eigenvalue weighted by Crippen LogP contribution is -2.40. The highest BCUT2D eigenvalue weighted by Crippen LogP contribution is 2.25. The lowest BCUT2D eigenvalue weighted by atomic mass is 9.98. The molecule has 8 heteroatoms. The topological polar surface area (TPSA) is 103 Å². The maximum atomic E-state index is 11.6. The van der Waals surface area contributed by atoms with E-state index in [0.29, 0.717) is 23.4 Å². The Morgan fingerprint density at radius 1 is 1.36 bits per heavy atom. The van der Waals surface area contributed by atoms with E-state index in [1.54, 1.807) is 20.0 Å². The van der Waals surface area contributed by atoms with Crippen LogP contribution in [0.3, 0.4) is 0 Å². The van der Waals surface area contributed by atoms with Crippen molar-refractivity contribution in [2.24, 2.45) is 5.92 Å². The smallest absolute Gasteiger partial charge is 0.223 e. The first-order chi connectivity index (χ1) is 13.3. The minimum absolute atomic E-state index is 0.135. The number of nitrogens with one attached hydrogen (secondary N) is 2. The molecule has 0 saturated carbocycles. The Labute approximate surface area is 165 Å². The number of aromatic nitrogens is 3. The van der Waals surface area contributed by atoms with E-state index in [2.05, 4.69) is 25.6 Å². The molecule has 3 rings (SSSR count). The van der Waals surface area contributed by atoms with E-state index < -0.39 is 6.10 Å². The molecule has 2 unspecified atom stereocenters. The summed E-state index contributed by atoms with van der Waals surface area (Å²) in [5.74, 6) is 1.72. The average Bonchev–Trinajstić information content (AvgIpc) is 2.66. The SMILES string of the molecule is CC(=O)N1CCCC(CNc2ncc3cc(C(C)O)nc(NC(C)C)c3n2)C1. The van der Waals surface area contributed by atoms with Crippen LogP contribution >= 0.6 is 0 Å². The number of hydrogen-bond acceptors (Lipinski definition) is 7. The van der Waals surface area contributed by atoms with Crippen molar-refractivity contribution in [3.63, 3.8) is 0 Å². The molecule has 0 aliphatic carbocycles. The zero-order valence-electron chi connectivity index (χ0n) is 17.1. The molecular formula is C20H30N6O2. The van der Waals surface area contributed by atoms with Gasteiger partial charge in [0.25, 0.3) is 0 Å². The van der Waals surface area contributed by atoms with Gasteiger partial charge in [0.05, 0.1) is 11.8 Å². The molecule has 1 aliphatic heterocycles. The van der Waals surface area contributed by atoms with E-state index in [9.17, 15) is 9.90 Å². The maximum Gasteiger partial charge on any atom is 0.223 e. The Balaban J connectivity index is 1.79. The number of carbonyl (C=O) groups excluding carboxylic acids is 1. The molecule has 1 aliphatic rings. The van der Waals surface area contributed by atoms with Gasteiger partial charge in [0, 0.05) is 44.2 Å². The van der Waals surface area contributed by atoms with Crippen molar-refractivity contribution in [3.05, 3.63) is 18.0 Å². The highest BCUT2D eigenvalue weighted by Gasteiger charge is 2.21. The molecule has 1 amide bonds. The fraction of sp³-hybridized carbons (Fsp3) is 0.600. The molecule has 3 heterocycles. The summed E-state index contributed by atoms with van der Waals surface area (Å²) in [4.78, 5) is 27.1. The van der Waals surface area contributed by atoms with E-state index in [4.69, 9.17) is 0 Å². The molecule has 0 spiro atoms. The van der Waals surface area contributed by atoms with Crippen LogP contribution in [0.1, 0.15) is 52.3 Å². The number of carbonyl (C=O) groups is 1. The molecule has 28 heavy (non-hydrogen) atoms. The monoisotopic (exact) mass is 386 g/mol. The van der Waals surface area contributed by atoms with Crippen molar-refractivity contribution < 1.29 is 9.90 Å². The lowest BCUT2D eigenvalue weighted by Gasteiger charge is -2.32. The van der Waals surface area contributed by atoms with Gasteiger partial charge in [0.2, 0.25) is 11.9 Å². The number of fused-ring (bicyclic) bond motifs is 1. The van der Waals surface area contributed by atoms with Crippen molar-refractivity contribution in [3.8, 4) is 0 Å². The van der Waals surface area contributed by atoms with Crippen LogP contribution in [0.4, 0.5) is 11.8 Å². The highest BCUT2D eigenvalue weighted by atomic mass is 16.3. The Hall–Kier alpha value is -2.48. The number of piperidine rings is 1. The first-order valence-corrected chi connectivity index (χ1v) is 9.95. The van der Waals surface area contributed by atoms with E-state index in [1.165, 1.54) is 0 Å². The summed E-state index contributed by atoms with van der Waals surface area (Å²) in [5, 5.41) is 17.4. The molecule has 1 saturated heterocycles. The molecule has 1 fully saturated rings. The van der Waals surface area contributed by atoms with Crippen LogP contribution in [0.15, 0.2) is 12.3 Å². The minimum Gasteiger partial charge on any atom is -0.387 e. The van der Waals surface area contributed by atoms with Gasteiger partial charge in [-0.1, -0.05) is 0 Å². The van der Waals surface area contributed by atoms with Crippen LogP contribution in [0.5, 0.6) is 0 Å². The largest absolute Gasteiger partial charge is 0.387 e. The summed E-state index contributed by atoms with van der Waals surface area (Å²) in [6, 6.07) is 2.01. The predicted octanol–water partition coefficient (Wildman–Crippen LogP) is 2.57. The third kappa shape index (κ3) is 4.86. The molecule has 3 N–H and O–H groups in total. The van der Waals surface area contributed by atoms with Crippen LogP contribution in [0.25, 0.3) is 10.9 Å². The van der Waals surface area contributed by atoms with Crippen LogP contribution in [0.2, 0.25) is 0 Å². The number of amides is 1. The molecule has 0 bridgehead atoms. The van der Waals surface area contributed by atoms with Gasteiger partial charge in [-0.2, -0.15) is 0 Å². The van der Waals surface area contributed by atoms with E-state index in [0.717, 1.165) is 43.4 Å². The zero-order chi connectivity index (χ0) is 20.3. The van der Waals surface area contributed by atoms with Gasteiger partial charge in [0.1, 0.15) is 5.52 Å². The summed E-state index contributed by atoms with van der Waals surface area (Å²) < 4.78 is 0. The second-order valence-electron chi connectivity index (χ2n) is 7.86. The van der Waals surface area contributed by atoms with Crippen molar-refractivity contribution in [2.75, 3.05) is 30.3 Å². The number of rotatable bonds is 6. The van der Waals surface area contributed by atoms with Crippen molar-refractivity contribution in [1.82, 2.24) is 19.9 Å². The van der Waals surface area contributed by atoms with Gasteiger partial charge in [-0.25, -0.2) is 15.0 Å². The lowest BCUT2D eigenvalue weighted by molar-refractivity contribution is -0.130. The summed E-state index contributed by atoms with van der Waals surface area (Å²) in [6.45, 7) is 9.73.